The minimum Gasteiger partial charge on any atom is -0.325 e. The molecule has 19 heavy (non-hydrogen) atoms. The minimum atomic E-state index is -0.600. The first kappa shape index (κ1) is 14.3. The van der Waals surface area contributed by atoms with Gasteiger partial charge < -0.3 is 10.2 Å². The summed E-state index contributed by atoms with van der Waals surface area (Å²) in [6.45, 7) is 5.55. The number of amides is 2. The van der Waals surface area contributed by atoms with Gasteiger partial charge in [0.25, 0.3) is 0 Å². The van der Waals surface area contributed by atoms with E-state index in [1.165, 1.54) is 19.3 Å². The van der Waals surface area contributed by atoms with Gasteiger partial charge in [0, 0.05) is 13.1 Å². The Balaban J connectivity index is 1.82. The van der Waals surface area contributed by atoms with Crippen molar-refractivity contribution in [3.05, 3.63) is 0 Å². The lowest BCUT2D eigenvalue weighted by Crippen LogP contribution is -2.48. The van der Waals surface area contributed by atoms with Crippen molar-refractivity contribution in [2.75, 3.05) is 13.1 Å². The molecule has 0 spiro atoms. The van der Waals surface area contributed by atoms with Gasteiger partial charge in [-0.3, -0.25) is 0 Å². The fourth-order valence-corrected chi connectivity index (χ4v) is 2.71. The minimum absolute atomic E-state index is 0.00917. The first-order chi connectivity index (χ1) is 9.07. The van der Waals surface area contributed by atoms with E-state index in [9.17, 15) is 4.79 Å². The maximum Gasteiger partial charge on any atom is 0.319 e. The van der Waals surface area contributed by atoms with Crippen LogP contribution >= 0.6 is 0 Å². The van der Waals surface area contributed by atoms with Crippen LogP contribution in [0, 0.1) is 0 Å². The predicted molar refractivity (Wildman–Crippen MR) is 75.1 cm³/mol. The van der Waals surface area contributed by atoms with Crippen molar-refractivity contribution in [2.45, 2.75) is 70.5 Å². The number of carbonyl (C=O) groups is 1. The van der Waals surface area contributed by atoms with Crippen LogP contribution in [0.3, 0.4) is 0 Å². The smallest absolute Gasteiger partial charge is 0.319 e. The number of hydrogen-bond acceptors (Lipinski definition) is 3. The summed E-state index contributed by atoms with van der Waals surface area (Å²) in [6.07, 6.45) is 8.32. The first-order valence-electron chi connectivity index (χ1n) is 7.56. The van der Waals surface area contributed by atoms with Crippen LogP contribution in [0.4, 0.5) is 4.79 Å². The van der Waals surface area contributed by atoms with E-state index in [0.717, 1.165) is 38.8 Å². The van der Waals surface area contributed by atoms with Crippen LogP contribution in [0.15, 0.2) is 10.2 Å². The van der Waals surface area contributed by atoms with E-state index < -0.39 is 5.66 Å². The molecule has 108 valence electrons. The summed E-state index contributed by atoms with van der Waals surface area (Å²) in [7, 11) is 0. The SMILES string of the molecule is CC(C)(N=NC1CCCCC1)NC(=O)N1CCCC1. The molecule has 2 amide bonds. The molecule has 0 radical (unpaired) electrons. The Morgan fingerprint density at radius 2 is 1.74 bits per heavy atom. The Kier molecular flexibility index (Phi) is 4.77. The van der Waals surface area contributed by atoms with Gasteiger partial charge in [-0.1, -0.05) is 19.3 Å². The summed E-state index contributed by atoms with van der Waals surface area (Å²) in [5.74, 6) is 0. The van der Waals surface area contributed by atoms with Gasteiger partial charge >= 0.3 is 6.03 Å². The second-order valence-electron chi connectivity index (χ2n) is 6.19. The molecule has 1 aliphatic carbocycles. The predicted octanol–water partition coefficient (Wildman–Crippen LogP) is 3.31. The number of urea groups is 1. The molecule has 2 fully saturated rings. The van der Waals surface area contributed by atoms with Gasteiger partial charge in [-0.15, -0.1) is 0 Å². The zero-order valence-corrected chi connectivity index (χ0v) is 12.2. The van der Waals surface area contributed by atoms with Crippen LogP contribution in [0.1, 0.15) is 58.8 Å². The van der Waals surface area contributed by atoms with Crippen molar-refractivity contribution in [2.24, 2.45) is 10.2 Å². The van der Waals surface area contributed by atoms with E-state index in [1.807, 2.05) is 18.7 Å². The van der Waals surface area contributed by atoms with Crippen molar-refractivity contribution in [3.8, 4) is 0 Å². The molecular formula is C14H26N4O. The summed E-state index contributed by atoms with van der Waals surface area (Å²) < 4.78 is 0. The van der Waals surface area contributed by atoms with Gasteiger partial charge in [-0.2, -0.15) is 10.2 Å². The zero-order valence-electron chi connectivity index (χ0n) is 12.2. The van der Waals surface area contributed by atoms with Crippen molar-refractivity contribution in [3.63, 3.8) is 0 Å². The molecule has 2 rings (SSSR count). The Hall–Kier alpha value is -1.13. The van der Waals surface area contributed by atoms with E-state index >= 15 is 0 Å². The highest BCUT2D eigenvalue weighted by atomic mass is 16.2. The largest absolute Gasteiger partial charge is 0.325 e. The summed E-state index contributed by atoms with van der Waals surface area (Å²) in [4.78, 5) is 13.9. The third-order valence-electron chi connectivity index (χ3n) is 3.85. The van der Waals surface area contributed by atoms with Gasteiger partial charge in [0.15, 0.2) is 0 Å². The topological polar surface area (TPSA) is 57.1 Å². The average Bonchev–Trinajstić information content (AvgIpc) is 2.91. The van der Waals surface area contributed by atoms with Gasteiger partial charge in [0.1, 0.15) is 5.66 Å². The number of azo groups is 1. The van der Waals surface area contributed by atoms with E-state index in [1.54, 1.807) is 0 Å². The van der Waals surface area contributed by atoms with Crippen LogP contribution in [0.2, 0.25) is 0 Å². The lowest BCUT2D eigenvalue weighted by molar-refractivity contribution is 0.196. The number of hydrogen-bond donors (Lipinski definition) is 1. The van der Waals surface area contributed by atoms with E-state index in [0.29, 0.717) is 6.04 Å². The van der Waals surface area contributed by atoms with Crippen molar-refractivity contribution in [1.82, 2.24) is 10.2 Å². The fourth-order valence-electron chi connectivity index (χ4n) is 2.71. The zero-order chi connectivity index (χ0) is 13.7. The monoisotopic (exact) mass is 266 g/mol. The molecule has 1 N–H and O–H groups in total. The molecule has 5 heteroatoms. The number of carbonyl (C=O) groups excluding carboxylic acids is 1. The highest BCUT2D eigenvalue weighted by molar-refractivity contribution is 5.75. The van der Waals surface area contributed by atoms with Gasteiger partial charge in [0.2, 0.25) is 0 Å². The standard InChI is InChI=1S/C14H26N4O/c1-14(2,15-13(19)18-10-6-7-11-18)17-16-12-8-4-3-5-9-12/h12H,3-11H2,1-2H3,(H,15,19). The molecule has 1 heterocycles. The fraction of sp³-hybridized carbons (Fsp3) is 0.929. The van der Waals surface area contributed by atoms with Crippen molar-refractivity contribution < 1.29 is 4.79 Å². The first-order valence-corrected chi connectivity index (χ1v) is 7.56. The number of rotatable bonds is 3. The van der Waals surface area contributed by atoms with Gasteiger partial charge in [0.05, 0.1) is 6.04 Å². The van der Waals surface area contributed by atoms with E-state index in [-0.39, 0.29) is 6.03 Å². The molecule has 1 saturated carbocycles. The Labute approximate surface area is 115 Å². The maximum atomic E-state index is 12.0. The average molecular weight is 266 g/mol. The lowest BCUT2D eigenvalue weighted by Gasteiger charge is -2.25. The van der Waals surface area contributed by atoms with Crippen LogP contribution in [0.5, 0.6) is 0 Å². The molecule has 1 aliphatic heterocycles. The highest BCUT2D eigenvalue weighted by Crippen LogP contribution is 2.21. The van der Waals surface area contributed by atoms with Crippen LogP contribution in [-0.2, 0) is 0 Å². The molecule has 0 bridgehead atoms. The van der Waals surface area contributed by atoms with Crippen molar-refractivity contribution in [1.29, 1.82) is 0 Å². The van der Waals surface area contributed by atoms with E-state index in [2.05, 4.69) is 15.5 Å². The van der Waals surface area contributed by atoms with Gasteiger partial charge in [-0.05, 0) is 39.5 Å². The molecule has 5 nitrogen and oxygen atoms in total. The second-order valence-corrected chi connectivity index (χ2v) is 6.19. The molecule has 0 aromatic heterocycles. The number of nitrogens with zero attached hydrogens (tertiary/aromatic N) is 3. The van der Waals surface area contributed by atoms with Crippen LogP contribution in [0.25, 0.3) is 0 Å². The Morgan fingerprint density at radius 3 is 2.37 bits per heavy atom. The molecule has 0 atom stereocenters. The molecular weight excluding hydrogens is 240 g/mol. The molecule has 0 aromatic carbocycles. The number of likely N-dealkylation sites (tertiary alicyclic amines) is 1. The quantitative estimate of drug-likeness (QED) is 0.783. The second kappa shape index (κ2) is 6.35. The van der Waals surface area contributed by atoms with E-state index in [4.69, 9.17) is 0 Å². The molecule has 0 aromatic rings. The maximum absolute atomic E-state index is 12.0. The molecule has 2 aliphatic rings. The van der Waals surface area contributed by atoms with Gasteiger partial charge in [-0.25, -0.2) is 4.79 Å². The van der Waals surface area contributed by atoms with Crippen LogP contribution in [-0.4, -0.2) is 35.7 Å². The Bertz CT molecular complexity index is 328. The normalized spacial score (nSPS) is 22.1. The lowest BCUT2D eigenvalue weighted by atomic mass is 9.96. The summed E-state index contributed by atoms with van der Waals surface area (Å²) in [5.41, 5.74) is -0.600. The number of nitrogens with one attached hydrogen (secondary N) is 1. The molecule has 1 saturated heterocycles. The van der Waals surface area contributed by atoms with Crippen molar-refractivity contribution >= 4 is 6.03 Å². The Morgan fingerprint density at radius 1 is 1.11 bits per heavy atom. The third kappa shape index (κ3) is 4.48. The summed E-state index contributed by atoms with van der Waals surface area (Å²) in [5, 5.41) is 11.7. The van der Waals surface area contributed by atoms with Crippen LogP contribution < -0.4 is 5.32 Å². The highest BCUT2D eigenvalue weighted by Gasteiger charge is 2.25. The summed E-state index contributed by atoms with van der Waals surface area (Å²) >= 11 is 0. The third-order valence-corrected chi connectivity index (χ3v) is 3.85. The summed E-state index contributed by atoms with van der Waals surface area (Å²) in [6, 6.07) is 0.349. The molecule has 0 unspecified atom stereocenters.